The van der Waals surface area contributed by atoms with Crippen LogP contribution >= 0.6 is 11.3 Å². The molecule has 1 aliphatic heterocycles. The Morgan fingerprint density at radius 2 is 1.79 bits per heavy atom. The first-order valence-corrected chi connectivity index (χ1v) is 12.9. The fourth-order valence-corrected chi connectivity index (χ4v) is 5.17. The maximum atomic E-state index is 13.2. The molecule has 0 radical (unpaired) electrons. The zero-order valence-electron chi connectivity index (χ0n) is 20.6. The first-order valence-electron chi connectivity index (χ1n) is 12.0. The predicted molar refractivity (Wildman–Crippen MR) is 145 cm³/mol. The van der Waals surface area contributed by atoms with E-state index in [2.05, 4.69) is 0 Å². The second-order valence-electron chi connectivity index (χ2n) is 8.92. The van der Waals surface area contributed by atoms with E-state index in [1.807, 2.05) is 48.7 Å². The van der Waals surface area contributed by atoms with Crippen LogP contribution in [0.3, 0.4) is 0 Å². The Hall–Kier alpha value is -4.62. The molecule has 1 aliphatic rings. The third-order valence-corrected chi connectivity index (χ3v) is 7.27. The first kappa shape index (κ1) is 23.8. The van der Waals surface area contributed by atoms with Crippen LogP contribution in [0.1, 0.15) is 42.5 Å². The topological polar surface area (TPSA) is 75.0 Å². The van der Waals surface area contributed by atoms with Crippen LogP contribution in [-0.2, 0) is 6.61 Å². The van der Waals surface area contributed by atoms with Gasteiger partial charge in [-0.15, -0.1) is 11.3 Å². The monoisotopic (exact) mass is 522 g/mol. The zero-order valence-corrected chi connectivity index (χ0v) is 21.5. The average Bonchev–Trinajstić information content (AvgIpc) is 3.57. The highest BCUT2D eigenvalue weighted by Crippen LogP contribution is 2.36. The molecule has 2 aromatic heterocycles. The molecule has 6 nitrogen and oxygen atoms in total. The number of hydrogen-bond donors (Lipinski definition) is 0. The van der Waals surface area contributed by atoms with Gasteiger partial charge in [-0.05, 0) is 66.8 Å². The highest BCUT2D eigenvalue weighted by molar-refractivity contribution is 7.11. The van der Waals surface area contributed by atoms with Crippen molar-refractivity contribution in [3.8, 4) is 17.2 Å². The smallest absolute Gasteiger partial charge is 0.347 e. The summed E-state index contributed by atoms with van der Waals surface area (Å²) in [5.74, 6) is 1.14. The lowest BCUT2D eigenvalue weighted by Crippen LogP contribution is -2.09. The van der Waals surface area contributed by atoms with E-state index in [0.29, 0.717) is 46.0 Å². The van der Waals surface area contributed by atoms with E-state index < -0.39 is 5.97 Å². The fraction of sp³-hybridized carbons (Fsp3) is 0.0968. The lowest BCUT2D eigenvalue weighted by molar-refractivity contribution is 0.0734. The minimum atomic E-state index is -0.573. The minimum Gasteiger partial charge on any atom is -0.489 e. The summed E-state index contributed by atoms with van der Waals surface area (Å²) in [4.78, 5) is 27.0. The molecule has 0 bridgehead atoms. The molecule has 188 valence electrons. The molecule has 0 atom stereocenters. The van der Waals surface area contributed by atoms with Crippen LogP contribution in [0, 0.1) is 13.8 Å². The molecule has 0 saturated carbocycles. The molecule has 6 rings (SSSR count). The van der Waals surface area contributed by atoms with Gasteiger partial charge in [-0.2, -0.15) is 0 Å². The number of ether oxygens (including phenoxy) is 3. The lowest BCUT2D eigenvalue weighted by atomic mass is 10.1. The van der Waals surface area contributed by atoms with Gasteiger partial charge < -0.3 is 18.6 Å². The Kier molecular flexibility index (Phi) is 6.05. The second-order valence-corrected chi connectivity index (χ2v) is 9.87. The third-order valence-electron chi connectivity index (χ3n) is 6.30. The molecule has 0 amide bonds. The van der Waals surface area contributed by atoms with Crippen LogP contribution < -0.4 is 14.2 Å². The first-order chi connectivity index (χ1) is 18.5. The highest BCUT2D eigenvalue weighted by atomic mass is 32.1. The number of aryl methyl sites for hydroxylation is 2. The van der Waals surface area contributed by atoms with E-state index in [0.717, 1.165) is 16.0 Å². The Morgan fingerprint density at radius 3 is 2.58 bits per heavy atom. The molecule has 0 unspecified atom stereocenters. The van der Waals surface area contributed by atoms with E-state index in [4.69, 9.17) is 18.6 Å². The van der Waals surface area contributed by atoms with Gasteiger partial charge in [0.15, 0.2) is 5.76 Å². The fourth-order valence-electron chi connectivity index (χ4n) is 4.32. The van der Waals surface area contributed by atoms with Crippen molar-refractivity contribution in [2.75, 3.05) is 0 Å². The number of allylic oxidation sites excluding steroid dienone is 1. The molecule has 3 heterocycles. The van der Waals surface area contributed by atoms with Crippen molar-refractivity contribution in [1.29, 1.82) is 0 Å². The maximum Gasteiger partial charge on any atom is 0.347 e. The zero-order chi connectivity index (χ0) is 26.2. The van der Waals surface area contributed by atoms with Crippen LogP contribution in [-0.4, -0.2) is 11.8 Å². The van der Waals surface area contributed by atoms with Crippen LogP contribution in [0.2, 0.25) is 0 Å². The van der Waals surface area contributed by atoms with Crippen LogP contribution in [0.25, 0.3) is 17.0 Å². The van der Waals surface area contributed by atoms with Gasteiger partial charge in [0.2, 0.25) is 5.78 Å². The van der Waals surface area contributed by atoms with Crippen molar-refractivity contribution in [2.45, 2.75) is 20.5 Å². The molecule has 5 aromatic rings. The maximum absolute atomic E-state index is 13.2. The number of carbonyl (C=O) groups is 2. The summed E-state index contributed by atoms with van der Waals surface area (Å²) >= 11 is 1.54. The molecule has 0 aliphatic carbocycles. The number of carbonyl (C=O) groups excluding carboxylic acids is 2. The van der Waals surface area contributed by atoms with Crippen LogP contribution in [0.4, 0.5) is 0 Å². The summed E-state index contributed by atoms with van der Waals surface area (Å²) < 4.78 is 23.3. The summed E-state index contributed by atoms with van der Waals surface area (Å²) in [6.07, 6.45) is 1.74. The summed E-state index contributed by atoms with van der Waals surface area (Å²) in [5.41, 5.74) is 3.41. The quantitative estimate of drug-likeness (QED) is 0.130. The second kappa shape index (κ2) is 9.68. The van der Waals surface area contributed by atoms with Crippen molar-refractivity contribution in [3.63, 3.8) is 0 Å². The standard InChI is InChI=1S/C31H22O6S/c1-18-12-13-38-28(18)16-27-30(32)23-10-8-22(15-26(23)37-27)36-31(33)29-19(2)35-25-11-9-21(14-24(25)29)34-17-20-6-4-3-5-7-20/h3-16H,17H2,1-2H3/b27-16-. The number of benzene rings is 3. The third kappa shape index (κ3) is 4.48. The number of Topliss-reactive ketones (excluding diaryl/α,β-unsaturated/α-hetero) is 1. The van der Waals surface area contributed by atoms with Gasteiger partial charge in [-0.1, -0.05) is 30.3 Å². The Balaban J connectivity index is 1.23. The van der Waals surface area contributed by atoms with Crippen molar-refractivity contribution in [1.82, 2.24) is 0 Å². The van der Waals surface area contributed by atoms with Crippen LogP contribution in [0.5, 0.6) is 17.2 Å². The summed E-state index contributed by atoms with van der Waals surface area (Å²) in [6, 6.07) is 21.9. The molecule has 38 heavy (non-hydrogen) atoms. The highest BCUT2D eigenvalue weighted by Gasteiger charge is 2.29. The molecule has 0 spiro atoms. The molecule has 7 heteroatoms. The largest absolute Gasteiger partial charge is 0.489 e. The van der Waals surface area contributed by atoms with Gasteiger partial charge >= 0.3 is 5.97 Å². The van der Waals surface area contributed by atoms with E-state index in [1.165, 1.54) is 11.3 Å². The van der Waals surface area contributed by atoms with E-state index >= 15 is 0 Å². The number of hydrogen-bond acceptors (Lipinski definition) is 7. The number of esters is 1. The van der Waals surface area contributed by atoms with Gasteiger partial charge in [0, 0.05) is 22.4 Å². The molecular formula is C31H22O6S. The average molecular weight is 523 g/mol. The van der Waals surface area contributed by atoms with Gasteiger partial charge in [0.05, 0.1) is 5.56 Å². The Morgan fingerprint density at radius 1 is 0.974 bits per heavy atom. The van der Waals surface area contributed by atoms with Crippen LogP contribution in [0.15, 0.2) is 88.4 Å². The van der Waals surface area contributed by atoms with Gasteiger partial charge in [0.25, 0.3) is 0 Å². The summed E-state index contributed by atoms with van der Waals surface area (Å²) in [7, 11) is 0. The molecule has 0 N–H and O–H groups in total. The van der Waals surface area contributed by atoms with E-state index in [1.54, 1.807) is 49.4 Å². The minimum absolute atomic E-state index is 0.203. The number of rotatable bonds is 6. The lowest BCUT2D eigenvalue weighted by Gasteiger charge is -2.07. The number of furan rings is 1. The van der Waals surface area contributed by atoms with Gasteiger partial charge in [-0.3, -0.25) is 4.79 Å². The van der Waals surface area contributed by atoms with Gasteiger partial charge in [0.1, 0.15) is 40.8 Å². The van der Waals surface area contributed by atoms with E-state index in [-0.39, 0.29) is 17.3 Å². The Labute approximate surface area is 222 Å². The number of fused-ring (bicyclic) bond motifs is 2. The normalized spacial score (nSPS) is 13.5. The van der Waals surface area contributed by atoms with Crippen molar-refractivity contribution in [2.24, 2.45) is 0 Å². The Bertz CT molecular complexity index is 1720. The number of thiophene rings is 1. The summed E-state index contributed by atoms with van der Waals surface area (Å²) in [6.45, 7) is 4.10. The SMILES string of the molecule is Cc1ccsc1/C=C1\Oc2cc(OC(=O)c3c(C)oc4ccc(OCc5ccccc5)cc34)ccc2C1=O. The summed E-state index contributed by atoms with van der Waals surface area (Å²) in [5, 5.41) is 2.56. The van der Waals surface area contributed by atoms with Gasteiger partial charge in [-0.25, -0.2) is 4.79 Å². The van der Waals surface area contributed by atoms with Crippen molar-refractivity contribution >= 4 is 40.1 Å². The van der Waals surface area contributed by atoms with Crippen molar-refractivity contribution in [3.05, 3.63) is 117 Å². The molecule has 0 fully saturated rings. The van der Waals surface area contributed by atoms with Crippen molar-refractivity contribution < 1.29 is 28.2 Å². The molecular weight excluding hydrogens is 500 g/mol. The molecule has 3 aromatic carbocycles. The predicted octanol–water partition coefficient (Wildman–Crippen LogP) is 7.53. The molecule has 0 saturated heterocycles. The van der Waals surface area contributed by atoms with E-state index in [9.17, 15) is 9.59 Å². The number of ketones is 1.